The van der Waals surface area contributed by atoms with Crippen molar-refractivity contribution in [2.45, 2.75) is 13.3 Å². The van der Waals surface area contributed by atoms with Crippen molar-refractivity contribution in [1.82, 2.24) is 3.71 Å². The van der Waals surface area contributed by atoms with Crippen LogP contribution in [0.25, 0.3) is 0 Å². The summed E-state index contributed by atoms with van der Waals surface area (Å²) in [5.74, 6) is 0.486. The van der Waals surface area contributed by atoms with Crippen LogP contribution in [0.1, 0.15) is 12.5 Å². The molecule has 15 heavy (non-hydrogen) atoms. The number of benzene rings is 1. The summed E-state index contributed by atoms with van der Waals surface area (Å²) in [7, 11) is 0. The summed E-state index contributed by atoms with van der Waals surface area (Å²) in [6.45, 7) is 2.06. The normalized spacial score (nSPS) is 9.00. The zero-order valence-electron chi connectivity index (χ0n) is 7.98. The summed E-state index contributed by atoms with van der Waals surface area (Å²) in [5, 5.41) is 0. The Morgan fingerprint density at radius 3 is 2.27 bits per heavy atom. The monoisotopic (exact) mass is 292 g/mol. The van der Waals surface area contributed by atoms with Gasteiger partial charge in [0.25, 0.3) is 0 Å². The van der Waals surface area contributed by atoms with Crippen molar-refractivity contribution in [2.24, 2.45) is 0 Å². The quantitative estimate of drug-likeness (QED) is 0.648. The van der Waals surface area contributed by atoms with Crippen LogP contribution in [0.2, 0.25) is 0 Å². The van der Waals surface area contributed by atoms with Crippen LogP contribution in [0.3, 0.4) is 0 Å². The molecular weight excluding hydrogens is 282 g/mol. The molecule has 6 heteroatoms. The van der Waals surface area contributed by atoms with Gasteiger partial charge in [0.05, 0.1) is 0 Å². The molecule has 0 aromatic heterocycles. The molecule has 0 heterocycles. The third-order valence-electron chi connectivity index (χ3n) is 1.70. The van der Waals surface area contributed by atoms with E-state index >= 15 is 0 Å². The number of thiol groups is 2. The van der Waals surface area contributed by atoms with E-state index < -0.39 is 6.09 Å². The Labute approximate surface area is 111 Å². The molecule has 0 unspecified atom stereocenters. The molecule has 1 amide bonds. The fourth-order valence-corrected chi connectivity index (χ4v) is 1.02. The third kappa shape index (κ3) is 4.84. The summed E-state index contributed by atoms with van der Waals surface area (Å²) in [4.78, 5) is 11.0. The first kappa shape index (κ1) is 14.7. The summed E-state index contributed by atoms with van der Waals surface area (Å²) in [6.07, 6.45) is 0.334. The molecular formula is C9H11CuNO2S2. The Morgan fingerprint density at radius 1 is 1.33 bits per heavy atom. The van der Waals surface area contributed by atoms with Gasteiger partial charge in [-0.3, -0.25) is 0 Å². The van der Waals surface area contributed by atoms with Crippen LogP contribution >= 0.6 is 25.6 Å². The minimum atomic E-state index is -0.624. The molecule has 0 aliphatic rings. The average Bonchev–Trinajstić information content (AvgIpc) is 2.19. The molecule has 0 bridgehead atoms. The van der Waals surface area contributed by atoms with Crippen LogP contribution in [0, 0.1) is 0 Å². The second-order valence-electron chi connectivity index (χ2n) is 2.65. The Balaban J connectivity index is 0.00000196. The topological polar surface area (TPSA) is 29.5 Å². The molecule has 0 atom stereocenters. The first-order valence-electron chi connectivity index (χ1n) is 4.12. The minimum absolute atomic E-state index is 0. The van der Waals surface area contributed by atoms with E-state index in [1.54, 1.807) is 12.1 Å². The molecule has 0 aliphatic carbocycles. The average molecular weight is 293 g/mol. The molecule has 1 aromatic rings. The summed E-state index contributed by atoms with van der Waals surface area (Å²) in [5.41, 5.74) is 1.19. The van der Waals surface area contributed by atoms with E-state index in [1.165, 1.54) is 5.56 Å². The summed E-state index contributed by atoms with van der Waals surface area (Å²) in [6, 6.07) is 7.29. The van der Waals surface area contributed by atoms with Crippen LogP contribution in [-0.2, 0) is 23.5 Å². The third-order valence-corrected chi connectivity index (χ3v) is 2.03. The van der Waals surface area contributed by atoms with Crippen LogP contribution in [-0.4, -0.2) is 9.80 Å². The van der Waals surface area contributed by atoms with Crippen molar-refractivity contribution in [3.8, 4) is 5.75 Å². The zero-order chi connectivity index (χ0) is 10.6. The van der Waals surface area contributed by atoms with Gasteiger partial charge in [-0.25, -0.2) is 4.79 Å². The smallest absolute Gasteiger partial charge is 0.409 e. The van der Waals surface area contributed by atoms with E-state index in [1.807, 2.05) is 12.1 Å². The fourth-order valence-electron chi connectivity index (χ4n) is 0.935. The zero-order valence-corrected chi connectivity index (χ0v) is 10.7. The second kappa shape index (κ2) is 7.06. The van der Waals surface area contributed by atoms with Crippen molar-refractivity contribution in [1.29, 1.82) is 0 Å². The maximum Gasteiger partial charge on any atom is 0.435 e. The predicted molar refractivity (Wildman–Crippen MR) is 61.7 cm³/mol. The van der Waals surface area contributed by atoms with Gasteiger partial charge in [-0.2, -0.15) is 3.71 Å². The summed E-state index contributed by atoms with van der Waals surface area (Å²) < 4.78 is 5.69. The Hall–Kier alpha value is -0.291. The van der Waals surface area contributed by atoms with Gasteiger partial charge < -0.3 is 4.74 Å². The van der Waals surface area contributed by atoms with Crippen LogP contribution in [0.4, 0.5) is 4.79 Å². The molecule has 0 spiro atoms. The molecule has 1 rings (SSSR count). The van der Waals surface area contributed by atoms with Gasteiger partial charge in [0, 0.05) is 17.1 Å². The van der Waals surface area contributed by atoms with Crippen LogP contribution in [0.5, 0.6) is 5.75 Å². The van der Waals surface area contributed by atoms with E-state index in [0.29, 0.717) is 5.75 Å². The number of aryl methyl sites for hydroxylation is 1. The van der Waals surface area contributed by atoms with E-state index in [2.05, 4.69) is 32.6 Å². The van der Waals surface area contributed by atoms with Crippen molar-refractivity contribution in [3.05, 3.63) is 29.8 Å². The van der Waals surface area contributed by atoms with Crippen molar-refractivity contribution >= 4 is 31.7 Å². The van der Waals surface area contributed by atoms with Crippen LogP contribution < -0.4 is 4.74 Å². The molecule has 0 N–H and O–H groups in total. The number of hydrogen-bond donors (Lipinski definition) is 2. The molecule has 0 fully saturated rings. The number of rotatable bonds is 2. The van der Waals surface area contributed by atoms with Gasteiger partial charge in [-0.15, -0.1) is 0 Å². The van der Waals surface area contributed by atoms with Crippen molar-refractivity contribution in [2.75, 3.05) is 0 Å². The first-order chi connectivity index (χ1) is 6.63. The Bertz CT molecular complexity index is 316. The van der Waals surface area contributed by atoms with Crippen molar-refractivity contribution in [3.63, 3.8) is 0 Å². The van der Waals surface area contributed by atoms with Crippen molar-refractivity contribution < 1.29 is 26.6 Å². The Morgan fingerprint density at radius 2 is 1.87 bits per heavy atom. The molecule has 0 saturated carbocycles. The number of ether oxygens (including phenoxy) is 1. The predicted octanol–water partition coefficient (Wildman–Crippen LogP) is 2.74. The minimum Gasteiger partial charge on any atom is -0.409 e. The van der Waals surface area contributed by atoms with E-state index in [9.17, 15) is 4.79 Å². The first-order valence-corrected chi connectivity index (χ1v) is 4.92. The standard InChI is InChI=1S/C9H11NO2S2.Cu/c1-2-7-3-5-8(6-4-7)12-9(11)10(13)14;/h3-6,13-14H,2H2,1H3;. The van der Waals surface area contributed by atoms with Gasteiger partial charge >= 0.3 is 6.09 Å². The molecule has 1 radical (unpaired) electrons. The Kier molecular flexibility index (Phi) is 6.92. The molecule has 3 nitrogen and oxygen atoms in total. The van der Waals surface area contributed by atoms with E-state index in [0.717, 1.165) is 10.1 Å². The van der Waals surface area contributed by atoms with E-state index in [4.69, 9.17) is 4.74 Å². The van der Waals surface area contributed by atoms with Crippen LogP contribution in [0.15, 0.2) is 24.3 Å². The number of carbonyl (C=O) groups is 1. The maximum absolute atomic E-state index is 11.0. The summed E-state index contributed by atoms with van der Waals surface area (Å²) >= 11 is 7.37. The SMILES string of the molecule is CCc1ccc(OC(=O)N(S)S)cc1.[Cu]. The second-order valence-corrected chi connectivity index (χ2v) is 3.77. The van der Waals surface area contributed by atoms with Gasteiger partial charge in [-0.1, -0.05) is 19.1 Å². The molecule has 87 valence electrons. The van der Waals surface area contributed by atoms with Gasteiger partial charge in [0.2, 0.25) is 0 Å². The maximum atomic E-state index is 11.0. The fraction of sp³-hybridized carbons (Fsp3) is 0.222. The number of nitrogens with zero attached hydrogens (tertiary/aromatic N) is 1. The number of amides is 1. The number of carbonyl (C=O) groups excluding carboxylic acids is 1. The van der Waals surface area contributed by atoms with Gasteiger partial charge in [0.15, 0.2) is 0 Å². The van der Waals surface area contributed by atoms with E-state index in [-0.39, 0.29) is 17.1 Å². The van der Waals surface area contributed by atoms with Gasteiger partial charge in [0.1, 0.15) is 5.75 Å². The number of hydrogen-bond acceptors (Lipinski definition) is 4. The van der Waals surface area contributed by atoms with Gasteiger partial charge in [-0.05, 0) is 49.7 Å². The largest absolute Gasteiger partial charge is 0.435 e. The molecule has 0 saturated heterocycles. The molecule has 1 aromatic carbocycles. The molecule has 0 aliphatic heterocycles.